The number of rotatable bonds is 4. The predicted molar refractivity (Wildman–Crippen MR) is 79.1 cm³/mol. The van der Waals surface area contributed by atoms with Gasteiger partial charge in [-0.05, 0) is 32.0 Å². The van der Waals surface area contributed by atoms with Crippen molar-refractivity contribution in [2.45, 2.75) is 44.1 Å². The van der Waals surface area contributed by atoms with Crippen molar-refractivity contribution in [2.75, 3.05) is 14.2 Å². The molecule has 0 atom stereocenters. The number of nitrogens with one attached hydrogen (secondary N) is 1. The number of methoxy groups -OCH3 is 1. The lowest BCUT2D eigenvalue weighted by atomic mass is 9.79. The fourth-order valence-corrected chi connectivity index (χ4v) is 3.19. The average molecular weight is 274 g/mol. The molecule has 4 heteroatoms. The summed E-state index contributed by atoms with van der Waals surface area (Å²) >= 11 is 0. The molecule has 1 N–H and O–H groups in total. The normalized spacial score (nSPS) is 18.3. The van der Waals surface area contributed by atoms with Gasteiger partial charge in [-0.1, -0.05) is 19.3 Å². The third-order valence-electron chi connectivity index (χ3n) is 4.47. The maximum atomic E-state index is 5.91. The minimum absolute atomic E-state index is 0.156. The molecule has 108 valence electrons. The van der Waals surface area contributed by atoms with E-state index in [-0.39, 0.29) is 5.54 Å². The van der Waals surface area contributed by atoms with Crippen LogP contribution in [0.3, 0.4) is 0 Å². The van der Waals surface area contributed by atoms with E-state index in [1.54, 1.807) is 7.11 Å². The summed E-state index contributed by atoms with van der Waals surface area (Å²) in [4.78, 5) is 4.61. The van der Waals surface area contributed by atoms with Gasteiger partial charge in [-0.15, -0.1) is 0 Å². The first kappa shape index (κ1) is 13.4. The van der Waals surface area contributed by atoms with E-state index in [9.17, 15) is 0 Å². The molecular formula is C16H22N2O2. The molecule has 0 unspecified atom stereocenters. The molecule has 1 aromatic heterocycles. The van der Waals surface area contributed by atoms with Gasteiger partial charge in [-0.3, -0.25) is 0 Å². The van der Waals surface area contributed by atoms with Crippen molar-refractivity contribution in [2.24, 2.45) is 0 Å². The van der Waals surface area contributed by atoms with Crippen molar-refractivity contribution < 1.29 is 9.15 Å². The maximum Gasteiger partial charge on any atom is 0.197 e. The molecule has 0 spiro atoms. The van der Waals surface area contributed by atoms with Crippen LogP contribution in [-0.2, 0) is 6.42 Å². The molecule has 20 heavy (non-hydrogen) atoms. The van der Waals surface area contributed by atoms with E-state index in [0.29, 0.717) is 0 Å². The SMILES string of the molecule is CNC1(Cc2nc3ccc(OC)cc3o2)CCCCC1. The Hall–Kier alpha value is -1.55. The molecule has 1 aliphatic rings. The van der Waals surface area contributed by atoms with Gasteiger partial charge in [-0.25, -0.2) is 4.98 Å². The highest BCUT2D eigenvalue weighted by molar-refractivity contribution is 5.74. The fourth-order valence-electron chi connectivity index (χ4n) is 3.19. The molecule has 0 saturated heterocycles. The molecular weight excluding hydrogens is 252 g/mol. The Morgan fingerprint density at radius 1 is 1.30 bits per heavy atom. The summed E-state index contributed by atoms with van der Waals surface area (Å²) in [6.07, 6.45) is 7.18. The van der Waals surface area contributed by atoms with Gasteiger partial charge in [0.25, 0.3) is 0 Å². The molecule has 0 amide bonds. The zero-order chi connectivity index (χ0) is 14.0. The molecule has 0 bridgehead atoms. The number of fused-ring (bicyclic) bond motifs is 1. The molecule has 1 aliphatic carbocycles. The van der Waals surface area contributed by atoms with Crippen LogP contribution in [-0.4, -0.2) is 24.7 Å². The minimum atomic E-state index is 0.156. The van der Waals surface area contributed by atoms with Crippen LogP contribution in [0, 0.1) is 0 Å². The minimum Gasteiger partial charge on any atom is -0.497 e. The van der Waals surface area contributed by atoms with Crippen LogP contribution in [0.5, 0.6) is 5.75 Å². The Bertz CT molecular complexity index is 585. The molecule has 1 saturated carbocycles. The molecule has 1 aromatic carbocycles. The van der Waals surface area contributed by atoms with Gasteiger partial charge >= 0.3 is 0 Å². The number of benzene rings is 1. The highest BCUT2D eigenvalue weighted by atomic mass is 16.5. The van der Waals surface area contributed by atoms with Gasteiger partial charge in [-0.2, -0.15) is 0 Å². The van der Waals surface area contributed by atoms with Gasteiger partial charge in [0.1, 0.15) is 11.3 Å². The summed E-state index contributed by atoms with van der Waals surface area (Å²) in [6, 6.07) is 5.77. The first-order chi connectivity index (χ1) is 9.74. The Morgan fingerprint density at radius 3 is 2.80 bits per heavy atom. The van der Waals surface area contributed by atoms with Crippen molar-refractivity contribution in [3.63, 3.8) is 0 Å². The first-order valence-electron chi connectivity index (χ1n) is 7.37. The van der Waals surface area contributed by atoms with E-state index >= 15 is 0 Å². The Labute approximate surface area is 119 Å². The zero-order valence-electron chi connectivity index (χ0n) is 12.2. The van der Waals surface area contributed by atoms with E-state index < -0.39 is 0 Å². The molecule has 0 aliphatic heterocycles. The van der Waals surface area contributed by atoms with E-state index in [4.69, 9.17) is 9.15 Å². The Balaban J connectivity index is 1.86. The second kappa shape index (κ2) is 5.44. The summed E-state index contributed by atoms with van der Waals surface area (Å²) in [5.74, 6) is 1.63. The van der Waals surface area contributed by atoms with Gasteiger partial charge in [0.2, 0.25) is 0 Å². The molecule has 0 radical (unpaired) electrons. The van der Waals surface area contributed by atoms with E-state index in [2.05, 4.69) is 17.3 Å². The van der Waals surface area contributed by atoms with E-state index in [1.807, 2.05) is 18.2 Å². The second-order valence-electron chi connectivity index (χ2n) is 5.71. The second-order valence-corrected chi connectivity index (χ2v) is 5.71. The third kappa shape index (κ3) is 2.52. The number of hydrogen-bond donors (Lipinski definition) is 1. The van der Waals surface area contributed by atoms with Crippen molar-refractivity contribution in [3.8, 4) is 5.75 Å². The fraction of sp³-hybridized carbons (Fsp3) is 0.562. The van der Waals surface area contributed by atoms with Crippen LogP contribution >= 0.6 is 0 Å². The summed E-state index contributed by atoms with van der Waals surface area (Å²) in [5, 5.41) is 3.51. The Kier molecular flexibility index (Phi) is 3.66. The third-order valence-corrected chi connectivity index (χ3v) is 4.47. The summed E-state index contributed by atoms with van der Waals surface area (Å²) in [6.45, 7) is 0. The van der Waals surface area contributed by atoms with Crippen molar-refractivity contribution >= 4 is 11.1 Å². The van der Waals surface area contributed by atoms with Gasteiger partial charge in [0, 0.05) is 18.0 Å². The topological polar surface area (TPSA) is 47.3 Å². The number of oxazole rings is 1. The molecule has 4 nitrogen and oxygen atoms in total. The number of hydrogen-bond acceptors (Lipinski definition) is 4. The van der Waals surface area contributed by atoms with Crippen molar-refractivity contribution in [3.05, 3.63) is 24.1 Å². The van der Waals surface area contributed by atoms with E-state index in [0.717, 1.165) is 29.2 Å². The quantitative estimate of drug-likeness (QED) is 0.929. The lowest BCUT2D eigenvalue weighted by Gasteiger charge is -2.36. The van der Waals surface area contributed by atoms with Crippen LogP contribution in [0.1, 0.15) is 38.0 Å². The average Bonchev–Trinajstić information content (AvgIpc) is 2.89. The largest absolute Gasteiger partial charge is 0.497 e. The first-order valence-corrected chi connectivity index (χ1v) is 7.37. The van der Waals surface area contributed by atoms with Crippen LogP contribution in [0.2, 0.25) is 0 Å². The number of likely N-dealkylation sites (N-methyl/N-ethyl adjacent to an activating group) is 1. The lowest BCUT2D eigenvalue weighted by Crippen LogP contribution is -2.46. The summed E-state index contributed by atoms with van der Waals surface area (Å²) < 4.78 is 11.1. The van der Waals surface area contributed by atoms with Gasteiger partial charge in [0.05, 0.1) is 7.11 Å². The molecule has 2 aromatic rings. The highest BCUT2D eigenvalue weighted by Gasteiger charge is 2.32. The van der Waals surface area contributed by atoms with Crippen LogP contribution in [0.15, 0.2) is 22.6 Å². The van der Waals surface area contributed by atoms with Crippen molar-refractivity contribution in [1.29, 1.82) is 0 Å². The maximum absolute atomic E-state index is 5.91. The van der Waals surface area contributed by atoms with Crippen molar-refractivity contribution in [1.82, 2.24) is 10.3 Å². The molecule has 1 fully saturated rings. The number of aromatic nitrogens is 1. The lowest BCUT2D eigenvalue weighted by molar-refractivity contribution is 0.230. The zero-order valence-corrected chi connectivity index (χ0v) is 12.2. The highest BCUT2D eigenvalue weighted by Crippen LogP contribution is 2.32. The summed E-state index contributed by atoms with van der Waals surface area (Å²) in [7, 11) is 3.72. The number of ether oxygens (including phenoxy) is 1. The van der Waals surface area contributed by atoms with E-state index in [1.165, 1.54) is 32.1 Å². The van der Waals surface area contributed by atoms with Crippen LogP contribution < -0.4 is 10.1 Å². The van der Waals surface area contributed by atoms with Crippen LogP contribution in [0.4, 0.5) is 0 Å². The molecule has 1 heterocycles. The predicted octanol–water partition coefficient (Wildman–Crippen LogP) is 3.30. The summed E-state index contributed by atoms with van der Waals surface area (Å²) in [5.41, 5.74) is 1.87. The number of nitrogens with zero attached hydrogens (tertiary/aromatic N) is 1. The molecule has 3 rings (SSSR count). The van der Waals surface area contributed by atoms with Gasteiger partial charge in [0.15, 0.2) is 11.5 Å². The standard InChI is InChI=1S/C16H22N2O2/c1-17-16(8-4-3-5-9-16)11-15-18-13-7-6-12(19-2)10-14(13)20-15/h6-7,10,17H,3-5,8-9,11H2,1-2H3. The smallest absolute Gasteiger partial charge is 0.197 e. The monoisotopic (exact) mass is 274 g/mol. The van der Waals surface area contributed by atoms with Gasteiger partial charge < -0.3 is 14.5 Å². The van der Waals surface area contributed by atoms with Crippen LogP contribution in [0.25, 0.3) is 11.1 Å². The Morgan fingerprint density at radius 2 is 2.10 bits per heavy atom.